The molecule has 0 aromatic rings. The number of carbonyl (C=O) groups excluding carboxylic acids is 1. The van der Waals surface area contributed by atoms with Gasteiger partial charge in [-0.15, -0.1) is 0 Å². The zero-order valence-electron chi connectivity index (χ0n) is 12.0. The van der Waals surface area contributed by atoms with Gasteiger partial charge >= 0.3 is 5.97 Å². The molecule has 1 aliphatic rings. The Kier molecular flexibility index (Phi) is 7.33. The molecule has 3 nitrogen and oxygen atoms in total. The van der Waals surface area contributed by atoms with Crippen LogP contribution in [-0.2, 0) is 9.53 Å². The molecule has 0 aromatic carbocycles. The van der Waals surface area contributed by atoms with Gasteiger partial charge in [-0.3, -0.25) is 4.79 Å². The van der Waals surface area contributed by atoms with Crippen molar-refractivity contribution in [2.75, 3.05) is 13.2 Å². The van der Waals surface area contributed by atoms with E-state index in [0.29, 0.717) is 12.5 Å². The van der Waals surface area contributed by atoms with E-state index in [1.807, 2.05) is 0 Å². The summed E-state index contributed by atoms with van der Waals surface area (Å²) < 4.78 is 5.36. The number of carbonyl (C=O) groups is 1. The minimum Gasteiger partial charge on any atom is -0.465 e. The van der Waals surface area contributed by atoms with E-state index in [1.54, 1.807) is 0 Å². The van der Waals surface area contributed by atoms with Gasteiger partial charge in [-0.2, -0.15) is 0 Å². The normalized spacial score (nSPS) is 24.2. The summed E-state index contributed by atoms with van der Waals surface area (Å²) in [5.41, 5.74) is 5.65. The first-order valence-electron chi connectivity index (χ1n) is 7.50. The largest absolute Gasteiger partial charge is 0.465 e. The lowest BCUT2D eigenvalue weighted by molar-refractivity contribution is -0.150. The van der Waals surface area contributed by atoms with Crippen LogP contribution in [0.5, 0.6) is 0 Å². The maximum atomic E-state index is 11.8. The second-order valence-corrected chi connectivity index (χ2v) is 6.01. The first-order chi connectivity index (χ1) is 8.63. The summed E-state index contributed by atoms with van der Waals surface area (Å²) in [6.45, 7) is 5.81. The number of hydrogen-bond donors (Lipinski definition) is 1. The number of unbranched alkanes of at least 4 members (excludes halogenated alkanes) is 1. The van der Waals surface area contributed by atoms with Crippen LogP contribution in [0.2, 0.25) is 0 Å². The lowest BCUT2D eigenvalue weighted by atomic mass is 9.82. The molecule has 0 heterocycles. The van der Waals surface area contributed by atoms with Gasteiger partial charge in [0.25, 0.3) is 0 Å². The third-order valence-corrected chi connectivity index (χ3v) is 3.93. The van der Waals surface area contributed by atoms with Crippen molar-refractivity contribution in [3.8, 4) is 0 Å². The SMILES string of the molecule is CC(C)CCCCOC(=O)C1CCC(CN)CC1. The van der Waals surface area contributed by atoms with Crippen molar-refractivity contribution in [2.45, 2.75) is 58.8 Å². The van der Waals surface area contributed by atoms with Crippen LogP contribution in [0.1, 0.15) is 58.8 Å². The minimum atomic E-state index is 0.0232. The van der Waals surface area contributed by atoms with E-state index >= 15 is 0 Å². The Morgan fingerprint density at radius 2 is 1.89 bits per heavy atom. The predicted molar refractivity (Wildman–Crippen MR) is 74.2 cm³/mol. The second kappa shape index (κ2) is 8.52. The molecule has 0 unspecified atom stereocenters. The highest BCUT2D eigenvalue weighted by atomic mass is 16.5. The van der Waals surface area contributed by atoms with Gasteiger partial charge < -0.3 is 10.5 Å². The molecule has 1 saturated carbocycles. The maximum Gasteiger partial charge on any atom is 0.308 e. The lowest BCUT2D eigenvalue weighted by Crippen LogP contribution is -2.27. The third-order valence-electron chi connectivity index (χ3n) is 3.93. The monoisotopic (exact) mass is 255 g/mol. The first-order valence-corrected chi connectivity index (χ1v) is 7.50. The number of rotatable bonds is 7. The Bertz CT molecular complexity index is 233. The van der Waals surface area contributed by atoms with Gasteiger partial charge in [0, 0.05) is 0 Å². The molecule has 0 saturated heterocycles. The maximum absolute atomic E-state index is 11.8. The van der Waals surface area contributed by atoms with E-state index in [2.05, 4.69) is 13.8 Å². The summed E-state index contributed by atoms with van der Waals surface area (Å²) in [5.74, 6) is 1.53. The zero-order chi connectivity index (χ0) is 13.4. The van der Waals surface area contributed by atoms with Crippen molar-refractivity contribution in [2.24, 2.45) is 23.5 Å². The Balaban J connectivity index is 2.07. The quantitative estimate of drug-likeness (QED) is 0.561. The average molecular weight is 255 g/mol. The van der Waals surface area contributed by atoms with Crippen molar-refractivity contribution >= 4 is 5.97 Å². The van der Waals surface area contributed by atoms with Crippen LogP contribution in [-0.4, -0.2) is 19.1 Å². The molecule has 1 fully saturated rings. The zero-order valence-corrected chi connectivity index (χ0v) is 12.0. The van der Waals surface area contributed by atoms with Crippen LogP contribution < -0.4 is 5.73 Å². The molecule has 0 atom stereocenters. The molecular weight excluding hydrogens is 226 g/mol. The van der Waals surface area contributed by atoms with Crippen molar-refractivity contribution in [3.63, 3.8) is 0 Å². The van der Waals surface area contributed by atoms with Crippen LogP contribution in [0.15, 0.2) is 0 Å². The van der Waals surface area contributed by atoms with Gasteiger partial charge in [0.1, 0.15) is 0 Å². The van der Waals surface area contributed by atoms with Gasteiger partial charge in [0.2, 0.25) is 0 Å². The van der Waals surface area contributed by atoms with Gasteiger partial charge in [0.05, 0.1) is 12.5 Å². The second-order valence-electron chi connectivity index (χ2n) is 6.01. The molecular formula is C15H29NO2. The summed E-state index contributed by atoms with van der Waals surface area (Å²) in [6.07, 6.45) is 7.48. The Hall–Kier alpha value is -0.570. The fraction of sp³-hybridized carbons (Fsp3) is 0.933. The van der Waals surface area contributed by atoms with E-state index in [-0.39, 0.29) is 11.9 Å². The number of nitrogens with two attached hydrogens (primary N) is 1. The van der Waals surface area contributed by atoms with Crippen molar-refractivity contribution in [3.05, 3.63) is 0 Å². The van der Waals surface area contributed by atoms with E-state index in [0.717, 1.165) is 51.0 Å². The topological polar surface area (TPSA) is 52.3 Å². The smallest absolute Gasteiger partial charge is 0.308 e. The van der Waals surface area contributed by atoms with Gasteiger partial charge in [-0.1, -0.05) is 20.3 Å². The molecule has 0 spiro atoms. The van der Waals surface area contributed by atoms with E-state index < -0.39 is 0 Å². The Morgan fingerprint density at radius 3 is 2.44 bits per heavy atom. The van der Waals surface area contributed by atoms with Gasteiger partial charge in [-0.05, 0) is 56.9 Å². The number of hydrogen-bond acceptors (Lipinski definition) is 3. The summed E-state index contributed by atoms with van der Waals surface area (Å²) in [6, 6.07) is 0. The molecule has 1 rings (SSSR count). The van der Waals surface area contributed by atoms with Crippen molar-refractivity contribution in [1.82, 2.24) is 0 Å². The van der Waals surface area contributed by atoms with E-state index in [4.69, 9.17) is 10.5 Å². The summed E-state index contributed by atoms with van der Waals surface area (Å²) in [4.78, 5) is 11.8. The molecule has 18 heavy (non-hydrogen) atoms. The lowest BCUT2D eigenvalue weighted by Gasteiger charge is -2.26. The number of ether oxygens (including phenoxy) is 1. The van der Waals surface area contributed by atoms with Gasteiger partial charge in [-0.25, -0.2) is 0 Å². The highest BCUT2D eigenvalue weighted by Gasteiger charge is 2.26. The van der Waals surface area contributed by atoms with Crippen LogP contribution in [0.3, 0.4) is 0 Å². The molecule has 0 amide bonds. The third kappa shape index (κ3) is 5.85. The predicted octanol–water partition coefficient (Wildman–Crippen LogP) is 3.12. The fourth-order valence-electron chi connectivity index (χ4n) is 2.58. The van der Waals surface area contributed by atoms with E-state index in [1.165, 1.54) is 6.42 Å². The van der Waals surface area contributed by atoms with Crippen LogP contribution >= 0.6 is 0 Å². The van der Waals surface area contributed by atoms with Crippen LogP contribution in [0, 0.1) is 17.8 Å². The average Bonchev–Trinajstić information content (AvgIpc) is 2.38. The molecule has 0 aliphatic heterocycles. The highest BCUT2D eigenvalue weighted by molar-refractivity contribution is 5.72. The first kappa shape index (κ1) is 15.5. The highest BCUT2D eigenvalue weighted by Crippen LogP contribution is 2.28. The summed E-state index contributed by atoms with van der Waals surface area (Å²) in [7, 11) is 0. The van der Waals surface area contributed by atoms with Crippen LogP contribution in [0.25, 0.3) is 0 Å². The molecule has 0 radical (unpaired) electrons. The molecule has 106 valence electrons. The van der Waals surface area contributed by atoms with Crippen LogP contribution in [0.4, 0.5) is 0 Å². The fourth-order valence-corrected chi connectivity index (χ4v) is 2.58. The Labute approximate surface area is 111 Å². The van der Waals surface area contributed by atoms with Gasteiger partial charge in [0.15, 0.2) is 0 Å². The molecule has 2 N–H and O–H groups in total. The minimum absolute atomic E-state index is 0.0232. The summed E-state index contributed by atoms with van der Waals surface area (Å²) >= 11 is 0. The standard InChI is InChI=1S/C15H29NO2/c1-12(2)5-3-4-10-18-15(17)14-8-6-13(11-16)7-9-14/h12-14H,3-11,16H2,1-2H3. The van der Waals surface area contributed by atoms with E-state index in [9.17, 15) is 4.79 Å². The molecule has 3 heteroatoms. The van der Waals surface area contributed by atoms with Crippen molar-refractivity contribution < 1.29 is 9.53 Å². The molecule has 0 aromatic heterocycles. The van der Waals surface area contributed by atoms with Crippen molar-refractivity contribution in [1.29, 1.82) is 0 Å². The number of esters is 1. The Morgan fingerprint density at radius 1 is 1.22 bits per heavy atom. The summed E-state index contributed by atoms with van der Waals surface area (Å²) in [5, 5.41) is 0. The molecule has 1 aliphatic carbocycles. The molecule has 0 bridgehead atoms.